The van der Waals surface area contributed by atoms with E-state index in [2.05, 4.69) is 15.5 Å². The maximum Gasteiger partial charge on any atom is 0.236 e. The van der Waals surface area contributed by atoms with Crippen molar-refractivity contribution in [3.8, 4) is 0 Å². The Labute approximate surface area is 106 Å². The zero-order chi connectivity index (χ0) is 13.1. The van der Waals surface area contributed by atoms with Crippen molar-refractivity contribution in [3.63, 3.8) is 0 Å². The van der Waals surface area contributed by atoms with Gasteiger partial charge in [0.2, 0.25) is 5.91 Å². The number of nitrogens with one attached hydrogen (secondary N) is 1. The van der Waals surface area contributed by atoms with Crippen LogP contribution in [-0.4, -0.2) is 23.0 Å². The van der Waals surface area contributed by atoms with Gasteiger partial charge in [0.25, 0.3) is 0 Å². The number of carbonyl (C=O) groups is 1. The summed E-state index contributed by atoms with van der Waals surface area (Å²) in [6.45, 7) is 1.53. The molecule has 0 atom stereocenters. The second-order valence-corrected chi connectivity index (χ2v) is 4.57. The fourth-order valence-electron chi connectivity index (χ4n) is 1.30. The average molecular weight is 269 g/mol. The molecule has 1 saturated heterocycles. The minimum absolute atomic E-state index is 0.141. The lowest BCUT2D eigenvalue weighted by molar-refractivity contribution is -0.116. The molecule has 0 aromatic heterocycles. The average Bonchev–Trinajstić information content (AvgIpc) is 2.71. The van der Waals surface area contributed by atoms with E-state index in [4.69, 9.17) is 0 Å². The summed E-state index contributed by atoms with van der Waals surface area (Å²) < 4.78 is 26.3. The van der Waals surface area contributed by atoms with Crippen LogP contribution in [0.1, 0.15) is 11.1 Å². The molecule has 0 unspecified atom stereocenters. The van der Waals surface area contributed by atoms with Crippen LogP contribution in [0.25, 0.3) is 0 Å². The molecule has 0 saturated carbocycles. The number of aryl methyl sites for hydroxylation is 1. The van der Waals surface area contributed by atoms with Crippen LogP contribution < -0.4 is 5.32 Å². The molecule has 1 amide bonds. The highest BCUT2D eigenvalue weighted by atomic mass is 32.2. The Hall–Kier alpha value is -1.76. The number of carbonyl (C=O) groups excluding carboxylic acids is 1. The smallest absolute Gasteiger partial charge is 0.236 e. The van der Waals surface area contributed by atoms with Gasteiger partial charge in [-0.2, -0.15) is 5.10 Å². The van der Waals surface area contributed by atoms with E-state index in [0.29, 0.717) is 16.5 Å². The molecule has 0 aliphatic carbocycles. The predicted octanol–water partition coefficient (Wildman–Crippen LogP) is 1.83. The first-order chi connectivity index (χ1) is 8.56. The van der Waals surface area contributed by atoms with Crippen molar-refractivity contribution < 1.29 is 13.6 Å². The van der Waals surface area contributed by atoms with Gasteiger partial charge < -0.3 is 5.32 Å². The first-order valence-electron chi connectivity index (χ1n) is 5.05. The van der Waals surface area contributed by atoms with E-state index in [1.54, 1.807) is 0 Å². The van der Waals surface area contributed by atoms with Crippen molar-refractivity contribution in [1.29, 1.82) is 0 Å². The first-order valence-corrected chi connectivity index (χ1v) is 6.04. The van der Waals surface area contributed by atoms with Crippen LogP contribution in [0.15, 0.2) is 22.3 Å². The molecule has 1 heterocycles. The van der Waals surface area contributed by atoms with Crippen LogP contribution >= 0.6 is 11.8 Å². The van der Waals surface area contributed by atoms with Crippen molar-refractivity contribution in [2.75, 3.05) is 5.75 Å². The van der Waals surface area contributed by atoms with Gasteiger partial charge in [-0.3, -0.25) is 4.79 Å². The molecular formula is C11H9F2N3OS. The lowest BCUT2D eigenvalue weighted by Crippen LogP contribution is -2.19. The van der Waals surface area contributed by atoms with Gasteiger partial charge in [-0.15, -0.1) is 5.10 Å². The highest BCUT2D eigenvalue weighted by Gasteiger charge is 2.15. The molecule has 18 heavy (non-hydrogen) atoms. The maximum absolute atomic E-state index is 13.3. The molecule has 2 rings (SSSR count). The van der Waals surface area contributed by atoms with Crippen molar-refractivity contribution >= 4 is 29.1 Å². The Bertz CT molecular complexity index is 557. The fraction of sp³-hybridized carbons (Fsp3) is 0.182. The summed E-state index contributed by atoms with van der Waals surface area (Å²) in [7, 11) is 0. The van der Waals surface area contributed by atoms with Crippen LogP contribution in [0.3, 0.4) is 0 Å². The van der Waals surface area contributed by atoms with Gasteiger partial charge in [0.15, 0.2) is 5.17 Å². The molecule has 0 spiro atoms. The number of rotatable bonds is 2. The van der Waals surface area contributed by atoms with Crippen molar-refractivity contribution in [3.05, 3.63) is 34.9 Å². The maximum atomic E-state index is 13.3. The summed E-state index contributed by atoms with van der Waals surface area (Å²) >= 11 is 1.22. The predicted molar refractivity (Wildman–Crippen MR) is 66.7 cm³/mol. The summed E-state index contributed by atoms with van der Waals surface area (Å²) in [6, 6.07) is 2.14. The van der Waals surface area contributed by atoms with Gasteiger partial charge in [-0.25, -0.2) is 8.78 Å². The zero-order valence-electron chi connectivity index (χ0n) is 9.41. The Kier molecular flexibility index (Phi) is 3.71. The van der Waals surface area contributed by atoms with E-state index in [1.807, 2.05) is 0 Å². The largest absolute Gasteiger partial charge is 0.303 e. The van der Waals surface area contributed by atoms with E-state index >= 15 is 0 Å². The monoisotopic (exact) mass is 269 g/mol. The SMILES string of the molecule is Cc1cc(C=NN=C2NC(=O)CS2)c(F)cc1F. The van der Waals surface area contributed by atoms with E-state index in [9.17, 15) is 13.6 Å². The first kappa shape index (κ1) is 12.7. The molecule has 1 fully saturated rings. The third-order valence-corrected chi connectivity index (χ3v) is 3.07. The number of amides is 1. The summed E-state index contributed by atoms with van der Waals surface area (Å²) in [5.41, 5.74) is 0.474. The van der Waals surface area contributed by atoms with Crippen molar-refractivity contribution in [2.24, 2.45) is 10.2 Å². The van der Waals surface area contributed by atoms with Crippen LogP contribution in [0.5, 0.6) is 0 Å². The van der Waals surface area contributed by atoms with Crippen molar-refractivity contribution in [2.45, 2.75) is 6.92 Å². The summed E-state index contributed by atoms with van der Waals surface area (Å²) in [4.78, 5) is 10.9. The second-order valence-electron chi connectivity index (χ2n) is 3.61. The molecule has 7 heteroatoms. The van der Waals surface area contributed by atoms with Gasteiger partial charge in [0.1, 0.15) is 11.6 Å². The third-order valence-electron chi connectivity index (χ3n) is 2.21. The molecule has 1 N–H and O–H groups in total. The normalized spacial score (nSPS) is 17.7. The summed E-state index contributed by atoms with van der Waals surface area (Å²) in [5, 5.41) is 10.2. The number of hydrogen-bond acceptors (Lipinski definition) is 4. The Balaban J connectivity index is 2.14. The van der Waals surface area contributed by atoms with E-state index in [0.717, 1.165) is 6.07 Å². The molecule has 0 bridgehead atoms. The number of benzene rings is 1. The minimum Gasteiger partial charge on any atom is -0.303 e. The highest BCUT2D eigenvalue weighted by molar-refractivity contribution is 8.15. The second kappa shape index (κ2) is 5.26. The number of nitrogens with zero attached hydrogens (tertiary/aromatic N) is 2. The van der Waals surface area contributed by atoms with Gasteiger partial charge in [0.05, 0.1) is 12.0 Å². The van der Waals surface area contributed by atoms with Gasteiger partial charge in [-0.1, -0.05) is 11.8 Å². The molecular weight excluding hydrogens is 260 g/mol. The molecule has 4 nitrogen and oxygen atoms in total. The number of halogens is 2. The van der Waals surface area contributed by atoms with Crippen molar-refractivity contribution in [1.82, 2.24) is 5.32 Å². The number of thioether (sulfide) groups is 1. The fourth-order valence-corrected chi connectivity index (χ4v) is 1.93. The molecule has 1 aromatic rings. The van der Waals surface area contributed by atoms with Gasteiger partial charge in [0, 0.05) is 11.6 Å². The Morgan fingerprint density at radius 3 is 2.83 bits per heavy atom. The molecule has 1 aliphatic heterocycles. The van der Waals surface area contributed by atoms with Gasteiger partial charge in [-0.05, 0) is 18.6 Å². The molecule has 94 valence electrons. The molecule has 1 aliphatic rings. The third kappa shape index (κ3) is 2.92. The molecule has 1 aromatic carbocycles. The summed E-state index contributed by atoms with van der Waals surface area (Å²) in [6.07, 6.45) is 1.18. The zero-order valence-corrected chi connectivity index (χ0v) is 10.2. The highest BCUT2D eigenvalue weighted by Crippen LogP contribution is 2.13. The quantitative estimate of drug-likeness (QED) is 0.657. The van der Waals surface area contributed by atoms with E-state index in [-0.39, 0.29) is 11.5 Å². The van der Waals surface area contributed by atoms with Crippen LogP contribution in [-0.2, 0) is 4.79 Å². The number of hydrogen-bond donors (Lipinski definition) is 1. The van der Waals surface area contributed by atoms with E-state index in [1.165, 1.54) is 31.0 Å². The Morgan fingerprint density at radius 2 is 2.17 bits per heavy atom. The molecule has 0 radical (unpaired) electrons. The lowest BCUT2D eigenvalue weighted by Gasteiger charge is -1.99. The van der Waals surface area contributed by atoms with Gasteiger partial charge >= 0.3 is 0 Å². The lowest BCUT2D eigenvalue weighted by atomic mass is 10.1. The van der Waals surface area contributed by atoms with Crippen LogP contribution in [0.4, 0.5) is 8.78 Å². The van der Waals surface area contributed by atoms with E-state index < -0.39 is 11.6 Å². The topological polar surface area (TPSA) is 53.8 Å². The minimum atomic E-state index is -0.704. The van der Waals surface area contributed by atoms with Crippen LogP contribution in [0.2, 0.25) is 0 Å². The van der Waals surface area contributed by atoms with Crippen LogP contribution in [0, 0.1) is 18.6 Å². The summed E-state index contributed by atoms with van der Waals surface area (Å²) in [5.74, 6) is -1.14. The number of amidine groups is 1. The standard InChI is InChI=1S/C11H9F2N3OS/c1-6-2-7(9(13)3-8(6)12)4-14-16-11-15-10(17)5-18-11/h2-4H,5H2,1H3,(H,15,16,17). The Morgan fingerprint density at radius 1 is 1.39 bits per heavy atom.